The molecule has 0 aliphatic rings. The van der Waals surface area contributed by atoms with Crippen molar-refractivity contribution < 1.29 is 40.7 Å². The minimum absolute atomic E-state index is 0.0344. The van der Waals surface area contributed by atoms with Crippen molar-refractivity contribution >= 4 is 34.4 Å². The van der Waals surface area contributed by atoms with Gasteiger partial charge < -0.3 is 15.4 Å². The standard InChI is InChI=1S/C25H22F6IN9O3/c26-17(6-7-40-13-20(36-38-40)23(43)35-11-18-5-4-16(10-33-18)24(27,28)32)12-41-14-21(37-39-41)22(42)34-9-15-2-1-3-19(8-15)44-25(29,30)31/h1-5,8,10,13-14,17H,6-7,9,11-12H2,(H,34,42)(H,35,43). The Hall–Kier alpha value is -4.30. The Morgan fingerprint density at radius 1 is 0.932 bits per heavy atom. The van der Waals surface area contributed by atoms with Gasteiger partial charge in [0, 0.05) is 53.9 Å². The molecule has 2 N–H and O–H groups in total. The summed E-state index contributed by atoms with van der Waals surface area (Å²) in [7, 11) is 0. The summed E-state index contributed by atoms with van der Waals surface area (Å²) < 4.78 is 81.6. The molecule has 19 heteroatoms. The molecule has 44 heavy (non-hydrogen) atoms. The highest BCUT2D eigenvalue weighted by Gasteiger charge is 2.31. The molecule has 0 saturated heterocycles. The minimum atomic E-state index is -4.85. The van der Waals surface area contributed by atoms with Crippen LogP contribution < -0.4 is 15.4 Å². The Morgan fingerprint density at radius 2 is 1.59 bits per heavy atom. The van der Waals surface area contributed by atoms with Crippen LogP contribution in [0.5, 0.6) is 5.75 Å². The van der Waals surface area contributed by atoms with Gasteiger partial charge in [-0.25, -0.2) is 9.07 Å². The summed E-state index contributed by atoms with van der Waals surface area (Å²) in [5.74, 6) is -1.69. The molecule has 1 atom stereocenters. The Labute approximate surface area is 258 Å². The molecule has 0 aliphatic carbocycles. The van der Waals surface area contributed by atoms with E-state index in [4.69, 9.17) is 0 Å². The van der Waals surface area contributed by atoms with Crippen LogP contribution in [0, 0.1) is 0 Å². The van der Waals surface area contributed by atoms with Crippen molar-refractivity contribution in [1.82, 2.24) is 45.6 Å². The van der Waals surface area contributed by atoms with E-state index in [-0.39, 0.29) is 49.6 Å². The van der Waals surface area contributed by atoms with E-state index in [1.165, 1.54) is 41.3 Å². The van der Waals surface area contributed by atoms with E-state index >= 15 is 0 Å². The molecule has 0 fully saturated rings. The second-order valence-corrected chi connectivity index (χ2v) is 10.5. The highest BCUT2D eigenvalue weighted by atomic mass is 127. The van der Waals surface area contributed by atoms with Crippen molar-refractivity contribution in [2.24, 2.45) is 0 Å². The summed E-state index contributed by atoms with van der Waals surface area (Å²) in [6.07, 6.45) is -2.76. The number of alkyl halides is 7. The van der Waals surface area contributed by atoms with Gasteiger partial charge in [-0.2, -0.15) is 8.78 Å². The number of rotatable bonds is 13. The van der Waals surface area contributed by atoms with Crippen molar-refractivity contribution in [3.05, 3.63) is 83.2 Å². The van der Waals surface area contributed by atoms with Gasteiger partial charge in [0.05, 0.1) is 31.2 Å². The summed E-state index contributed by atoms with van der Waals surface area (Å²) in [5.41, 5.74) is 0.272. The van der Waals surface area contributed by atoms with Crippen LogP contribution in [0.25, 0.3) is 0 Å². The predicted octanol–water partition coefficient (Wildman–Crippen LogP) is 3.94. The minimum Gasteiger partial charge on any atom is -0.406 e. The third kappa shape index (κ3) is 9.88. The number of amides is 2. The molecule has 0 radical (unpaired) electrons. The quantitative estimate of drug-likeness (QED) is 0.120. The van der Waals surface area contributed by atoms with Crippen molar-refractivity contribution in [2.75, 3.05) is 0 Å². The lowest BCUT2D eigenvalue weighted by Gasteiger charge is -2.10. The maximum atomic E-state index is 14.6. The summed E-state index contributed by atoms with van der Waals surface area (Å²) >= 11 is 0.991. The summed E-state index contributed by atoms with van der Waals surface area (Å²) in [6, 6.07) is 7.67. The number of nitrogens with one attached hydrogen (secondary N) is 2. The van der Waals surface area contributed by atoms with Gasteiger partial charge >= 0.3 is 10.3 Å². The number of carbonyl (C=O) groups is 2. The molecule has 3 aromatic heterocycles. The Bertz CT molecular complexity index is 1570. The lowest BCUT2D eigenvalue weighted by Crippen LogP contribution is -2.23. The fourth-order valence-corrected chi connectivity index (χ4v) is 3.97. The third-order valence-electron chi connectivity index (χ3n) is 5.77. The molecule has 4 rings (SSSR count). The van der Waals surface area contributed by atoms with E-state index in [2.05, 4.69) is 41.0 Å². The van der Waals surface area contributed by atoms with Crippen LogP contribution in [0.1, 0.15) is 44.2 Å². The predicted molar refractivity (Wildman–Crippen MR) is 147 cm³/mol. The first-order chi connectivity index (χ1) is 20.7. The maximum Gasteiger partial charge on any atom is 0.573 e. The smallest absolute Gasteiger partial charge is 0.406 e. The second-order valence-electron chi connectivity index (χ2n) is 9.18. The molecular weight excluding hydrogens is 715 g/mol. The van der Waals surface area contributed by atoms with Crippen molar-refractivity contribution in [1.29, 1.82) is 0 Å². The zero-order valence-corrected chi connectivity index (χ0v) is 24.5. The third-order valence-corrected chi connectivity index (χ3v) is 6.39. The van der Waals surface area contributed by atoms with E-state index in [9.17, 15) is 35.9 Å². The number of hydrogen-bond donors (Lipinski definition) is 2. The van der Waals surface area contributed by atoms with E-state index < -0.39 is 34.0 Å². The van der Waals surface area contributed by atoms with Gasteiger partial charge in [-0.1, -0.05) is 22.6 Å². The van der Waals surface area contributed by atoms with Crippen LogP contribution in [0.4, 0.5) is 26.3 Å². The first kappa shape index (κ1) is 32.6. The van der Waals surface area contributed by atoms with Crippen LogP contribution in [-0.2, 0) is 30.1 Å². The van der Waals surface area contributed by atoms with Crippen LogP contribution in [0.2, 0.25) is 0 Å². The van der Waals surface area contributed by atoms with Crippen molar-refractivity contribution in [3.8, 4) is 5.75 Å². The average Bonchev–Trinajstić information content (AvgIpc) is 3.63. The van der Waals surface area contributed by atoms with Gasteiger partial charge in [0.15, 0.2) is 11.4 Å². The maximum absolute atomic E-state index is 14.6. The molecule has 0 aliphatic heterocycles. The van der Waals surface area contributed by atoms with E-state index in [1.807, 2.05) is 0 Å². The van der Waals surface area contributed by atoms with Gasteiger partial charge in [0.25, 0.3) is 11.8 Å². The van der Waals surface area contributed by atoms with E-state index in [1.54, 1.807) is 0 Å². The number of aromatic nitrogens is 7. The Morgan fingerprint density at radius 3 is 2.23 bits per heavy atom. The lowest BCUT2D eigenvalue weighted by atomic mass is 10.2. The number of halogens is 7. The van der Waals surface area contributed by atoms with Gasteiger partial charge in [-0.15, -0.1) is 23.4 Å². The normalized spacial score (nSPS) is 12.5. The van der Waals surface area contributed by atoms with E-state index in [0.717, 1.165) is 45.6 Å². The van der Waals surface area contributed by atoms with Crippen LogP contribution in [0.3, 0.4) is 0 Å². The Kier molecular flexibility index (Phi) is 10.4. The largest absolute Gasteiger partial charge is 0.573 e. The number of benzene rings is 1. The summed E-state index contributed by atoms with van der Waals surface area (Å²) in [6.45, 7) is -0.329. The highest BCUT2D eigenvalue weighted by molar-refractivity contribution is 14.1. The van der Waals surface area contributed by atoms with Gasteiger partial charge in [-0.3, -0.25) is 19.3 Å². The molecule has 0 saturated carbocycles. The number of hydrogen-bond acceptors (Lipinski definition) is 8. The van der Waals surface area contributed by atoms with Gasteiger partial charge in [0.1, 0.15) is 11.9 Å². The van der Waals surface area contributed by atoms with Crippen molar-refractivity contribution in [3.63, 3.8) is 0 Å². The number of pyridine rings is 1. The number of ether oxygens (including phenoxy) is 1. The molecule has 1 aromatic carbocycles. The van der Waals surface area contributed by atoms with Crippen molar-refractivity contribution in [2.45, 2.75) is 49.1 Å². The first-order valence-corrected chi connectivity index (χ1v) is 13.7. The van der Waals surface area contributed by atoms with Crippen LogP contribution in [-0.4, -0.2) is 59.3 Å². The summed E-state index contributed by atoms with van der Waals surface area (Å²) in [5, 5.41) is 20.0. The molecular formula is C25H22F6IN9O3. The average molecular weight is 737 g/mol. The molecule has 3 heterocycles. The fraction of sp³-hybridized carbons (Fsp3) is 0.320. The zero-order valence-electron chi connectivity index (χ0n) is 22.3. The lowest BCUT2D eigenvalue weighted by molar-refractivity contribution is -0.274. The SMILES string of the molecule is O=C(NCc1ccc(C(F)(F)I)cn1)c1cn(CCC(F)Cn2cc(C(=O)NCc3cccc(OC(F)(F)F)c3)nn2)nn1. The topological polar surface area (TPSA) is 142 Å². The molecule has 2 amide bonds. The van der Waals surface area contributed by atoms with Crippen LogP contribution >= 0.6 is 22.6 Å². The molecule has 12 nitrogen and oxygen atoms in total. The molecule has 1 unspecified atom stereocenters. The summed E-state index contributed by atoms with van der Waals surface area (Å²) in [4.78, 5) is 28.6. The van der Waals surface area contributed by atoms with E-state index in [0.29, 0.717) is 11.3 Å². The number of nitrogens with zero attached hydrogens (tertiary/aromatic N) is 7. The molecule has 4 aromatic rings. The molecule has 0 bridgehead atoms. The van der Waals surface area contributed by atoms with Gasteiger partial charge in [0.2, 0.25) is 0 Å². The van der Waals surface area contributed by atoms with Crippen LogP contribution in [0.15, 0.2) is 55.0 Å². The number of carbonyl (C=O) groups excluding carboxylic acids is 2. The van der Waals surface area contributed by atoms with Gasteiger partial charge in [-0.05, 0) is 29.8 Å². The molecule has 0 spiro atoms. The molecule has 234 valence electrons. The first-order valence-electron chi connectivity index (χ1n) is 12.6. The number of aryl methyl sites for hydroxylation is 1. The monoisotopic (exact) mass is 737 g/mol. The Balaban J connectivity index is 1.19. The second kappa shape index (κ2) is 14.0. The zero-order chi connectivity index (χ0) is 31.9. The highest BCUT2D eigenvalue weighted by Crippen LogP contribution is 2.34. The fourth-order valence-electron chi connectivity index (χ4n) is 3.65.